The van der Waals surface area contributed by atoms with E-state index in [1.807, 2.05) is 12.2 Å². The minimum absolute atomic E-state index is 0.190. The molecule has 0 unspecified atom stereocenters. The minimum Gasteiger partial charge on any atom is -0.289 e. The molecule has 0 saturated heterocycles. The Kier molecular flexibility index (Phi) is 22.1. The summed E-state index contributed by atoms with van der Waals surface area (Å²) in [4.78, 5) is 39.6. The van der Waals surface area contributed by atoms with Crippen LogP contribution in [0.1, 0.15) is 239 Å². The zero-order valence-corrected chi connectivity index (χ0v) is 73.3. The van der Waals surface area contributed by atoms with Gasteiger partial charge in [0.25, 0.3) is 5.70 Å². The predicted octanol–water partition coefficient (Wildman–Crippen LogP) is 29.7. The van der Waals surface area contributed by atoms with E-state index in [2.05, 4.69) is 160 Å². The van der Waals surface area contributed by atoms with E-state index < -0.39 is 10.8 Å². The number of hydrogen-bond acceptors (Lipinski definition) is 15. The molecule has 0 amide bonds. The molecule has 0 saturated carbocycles. The molecule has 20 heteroatoms. The number of thiophene rings is 4. The number of Topliss-reactive ketones (excluding diaryl/α,β-unsaturated/α-hetero) is 2. The fraction of sp³-hybridized carbons (Fsp3) is 0.265. The first-order valence-corrected chi connectivity index (χ1v) is 46.9. The van der Waals surface area contributed by atoms with Crippen LogP contribution in [0.3, 0.4) is 0 Å². The number of allylic oxidation sites excluding steroid dienone is 6. The number of nitriles is 3. The summed E-state index contributed by atoms with van der Waals surface area (Å²) in [6, 6.07) is 54.4. The summed E-state index contributed by atoms with van der Waals surface area (Å²) < 4.78 is 23.9. The summed E-state index contributed by atoms with van der Waals surface area (Å²) in [7, 11) is 0. The van der Waals surface area contributed by atoms with Crippen molar-refractivity contribution in [2.24, 2.45) is 0 Å². The molecule has 0 fully saturated rings. The van der Waals surface area contributed by atoms with Crippen molar-refractivity contribution in [1.29, 1.82) is 15.8 Å². The Hall–Kier alpha value is -9.60. The summed E-state index contributed by atoms with van der Waals surface area (Å²) in [6.07, 6.45) is 25.5. The van der Waals surface area contributed by atoms with Crippen molar-refractivity contribution >= 4 is 203 Å². The van der Waals surface area contributed by atoms with Crippen LogP contribution in [0.2, 0.25) is 20.1 Å². The Labute approximate surface area is 730 Å². The molecular formula is C98H76Cl4N8O2S6. The highest BCUT2D eigenvalue weighted by Crippen LogP contribution is 2.69. The van der Waals surface area contributed by atoms with Gasteiger partial charge in [-0.3, -0.25) is 9.59 Å². The number of ketones is 2. The molecule has 0 aliphatic heterocycles. The fourth-order valence-electron chi connectivity index (χ4n) is 18.9. The van der Waals surface area contributed by atoms with Crippen molar-refractivity contribution in [3.8, 4) is 37.7 Å². The average Bonchev–Trinajstić information content (AvgIpc) is 1.48. The second-order valence-corrected chi connectivity index (χ2v) is 38.2. The van der Waals surface area contributed by atoms with E-state index in [1.54, 1.807) is 63.5 Å². The number of fused-ring (bicyclic) bond motifs is 21. The van der Waals surface area contributed by atoms with E-state index in [4.69, 9.17) is 70.5 Å². The summed E-state index contributed by atoms with van der Waals surface area (Å²) in [5, 5.41) is 36.7. The first-order chi connectivity index (χ1) is 57.7. The van der Waals surface area contributed by atoms with Gasteiger partial charge in [0.2, 0.25) is 0 Å². The molecule has 4 aliphatic carbocycles. The molecule has 0 bridgehead atoms. The molecule has 0 radical (unpaired) electrons. The third-order valence-corrected chi connectivity index (χ3v) is 31.8. The average molecular weight is 1730 g/mol. The molecule has 14 aromatic rings. The Bertz CT molecular complexity index is 6280. The topological polar surface area (TPSA) is 161 Å². The van der Waals surface area contributed by atoms with Gasteiger partial charge < -0.3 is 0 Å². The van der Waals surface area contributed by atoms with E-state index in [0.29, 0.717) is 11.1 Å². The van der Waals surface area contributed by atoms with Gasteiger partial charge in [-0.25, -0.2) is 10.1 Å². The van der Waals surface area contributed by atoms with Crippen LogP contribution in [0, 0.1) is 40.6 Å². The molecule has 0 atom stereocenters. The Balaban J connectivity index is 0.959. The number of hydrogen-bond donors (Lipinski definition) is 0. The maximum atomic E-state index is 15.1. The maximum absolute atomic E-state index is 15.1. The first-order valence-electron chi connectivity index (χ1n) is 40.7. The SMILES string of the molecule is [C-]#[N+]C(C#N)=C1/C(=C/c2cc3c(s2)-c2sc4c5nsnc5c5c6c7c(sc6c6nsnc6c5c4c2C3(c2ccc(CCCCCC)cc2)c2ccc(CCCCCC)cc2)-c2sc(/C=C3\C(=O)c4cc(Cl)c(Cl)cc4C3=C(C#N)C#N)cc2C7(c2ccc(CCCCCC)cc2)c2ccc(CCCCCC)cc2)C(=O)c2cc(Cl)c(Cl)cc21. The minimum atomic E-state index is -1.05. The van der Waals surface area contributed by atoms with E-state index in [-0.39, 0.29) is 76.3 Å². The van der Waals surface area contributed by atoms with Gasteiger partial charge in [0.05, 0.1) is 95.9 Å². The van der Waals surface area contributed by atoms with Gasteiger partial charge in [0.15, 0.2) is 11.6 Å². The molecule has 18 rings (SSSR count). The van der Waals surface area contributed by atoms with E-state index in [9.17, 15) is 15.8 Å². The quantitative estimate of drug-likeness (QED) is 0.0222. The maximum Gasteiger partial charge on any atom is 0.270 e. The molecule has 584 valence electrons. The zero-order valence-electron chi connectivity index (χ0n) is 65.4. The van der Waals surface area contributed by atoms with Crippen LogP contribution in [0.25, 0.3) is 101 Å². The lowest BCUT2D eigenvalue weighted by molar-refractivity contribution is 0.103. The van der Waals surface area contributed by atoms with Crippen molar-refractivity contribution in [2.45, 2.75) is 167 Å². The Morgan fingerprint density at radius 1 is 0.407 bits per heavy atom. The highest BCUT2D eigenvalue weighted by Gasteiger charge is 2.54. The second kappa shape index (κ2) is 32.8. The lowest BCUT2D eigenvalue weighted by atomic mass is 9.66. The summed E-state index contributed by atoms with van der Waals surface area (Å²) in [6.45, 7) is 17.3. The number of aromatic nitrogens is 4. The van der Waals surface area contributed by atoms with Crippen molar-refractivity contribution in [3.63, 3.8) is 0 Å². The number of carbonyl (C=O) groups excluding carboxylic acids is 2. The normalized spacial score (nSPS) is 15.2. The van der Waals surface area contributed by atoms with Crippen LogP contribution >= 0.6 is 115 Å². The van der Waals surface area contributed by atoms with Crippen LogP contribution in [0.15, 0.2) is 156 Å². The number of unbranched alkanes of at least 4 members (excludes halogenated alkanes) is 12. The smallest absolute Gasteiger partial charge is 0.270 e. The Morgan fingerprint density at radius 2 is 0.737 bits per heavy atom. The van der Waals surface area contributed by atoms with Gasteiger partial charge in [0, 0.05) is 64.7 Å². The van der Waals surface area contributed by atoms with Crippen LogP contribution in [0.4, 0.5) is 0 Å². The molecule has 10 nitrogen and oxygen atoms in total. The summed E-state index contributed by atoms with van der Waals surface area (Å²) >= 11 is 35.8. The van der Waals surface area contributed by atoms with E-state index >= 15 is 9.59 Å². The Morgan fingerprint density at radius 3 is 1.07 bits per heavy atom. The van der Waals surface area contributed by atoms with Crippen LogP contribution in [-0.4, -0.2) is 29.1 Å². The number of halogens is 4. The standard InChI is InChI=1S/C98H76Cl4N8O2S6/c1-6-10-14-18-22-53-26-34-58(35-27-53)97(59-36-28-54(29-37-59)23-19-15-11-7-2)70-44-62(42-68-77(57(50-103)51-104)64-46-72(99)74(101)48-66(64)89(68)111)113-91(70)95-83(97)81-79-80(86-87(93(81)115-95)109-117-108-86)82-84-96(116-94(82)88-85(79)107-118-110-88)92-71(45-63(114-92)43-69-78(76(52-105)106-5)65-47-73(100)75(102)49-67(65)90(69)112)98(84,60-38-30-55(31-39-60)24-20-16-12-8-3)61-40-32-56(33-41-61)25-21-17-13-9-4/h26-49H,6-25H2,1-4H3/b68-42-,69-43-,78-76?. The summed E-state index contributed by atoms with van der Waals surface area (Å²) in [5.74, 6) is -0.716. The molecule has 8 aromatic carbocycles. The highest BCUT2D eigenvalue weighted by atomic mass is 35.5. The number of carbonyl (C=O) groups is 2. The highest BCUT2D eigenvalue weighted by molar-refractivity contribution is 7.29. The third-order valence-electron chi connectivity index (χ3n) is 24.4. The monoisotopic (exact) mass is 1730 g/mol. The second-order valence-electron chi connectivity index (χ2n) is 31.3. The molecule has 6 aromatic heterocycles. The lowest BCUT2D eigenvalue weighted by Gasteiger charge is -2.34. The zero-order chi connectivity index (χ0) is 81.4. The van der Waals surface area contributed by atoms with Crippen LogP contribution in [-0.2, 0) is 36.5 Å². The van der Waals surface area contributed by atoms with Gasteiger partial charge in [-0.2, -0.15) is 28.0 Å². The van der Waals surface area contributed by atoms with Gasteiger partial charge in [-0.15, -0.1) is 45.3 Å². The van der Waals surface area contributed by atoms with Crippen LogP contribution in [0.5, 0.6) is 0 Å². The molecule has 0 N–H and O–H groups in total. The molecule has 6 heterocycles. The van der Waals surface area contributed by atoms with Gasteiger partial charge >= 0.3 is 0 Å². The van der Waals surface area contributed by atoms with Crippen molar-refractivity contribution in [2.75, 3.05) is 0 Å². The first kappa shape index (κ1) is 79.5. The third kappa shape index (κ3) is 12.9. The number of aryl methyl sites for hydroxylation is 4. The number of benzene rings is 8. The number of nitrogens with zero attached hydrogens (tertiary/aromatic N) is 8. The van der Waals surface area contributed by atoms with E-state index in [0.717, 1.165) is 230 Å². The van der Waals surface area contributed by atoms with Gasteiger partial charge in [-0.05, 0) is 178 Å². The summed E-state index contributed by atoms with van der Waals surface area (Å²) in [5.41, 5.74) is 16.2. The number of rotatable bonds is 26. The molecule has 4 aliphatic rings. The van der Waals surface area contributed by atoms with E-state index in [1.165, 1.54) is 77.5 Å². The molecule has 118 heavy (non-hydrogen) atoms. The predicted molar refractivity (Wildman–Crippen MR) is 493 cm³/mol. The van der Waals surface area contributed by atoms with Crippen molar-refractivity contribution < 1.29 is 9.59 Å². The van der Waals surface area contributed by atoms with Gasteiger partial charge in [0.1, 0.15) is 39.8 Å². The lowest BCUT2D eigenvalue weighted by Crippen LogP contribution is -2.28. The largest absolute Gasteiger partial charge is 0.289 e. The van der Waals surface area contributed by atoms with Crippen molar-refractivity contribution in [1.82, 2.24) is 17.5 Å². The van der Waals surface area contributed by atoms with Gasteiger partial charge in [-0.1, -0.05) is 248 Å². The molecular weight excluding hydrogens is 1660 g/mol. The van der Waals surface area contributed by atoms with Crippen LogP contribution < -0.4 is 0 Å². The fourth-order valence-corrected chi connectivity index (χ4v) is 26.1. The molecule has 0 spiro atoms. The van der Waals surface area contributed by atoms with Crippen molar-refractivity contribution in [3.05, 3.63) is 286 Å².